The zero-order valence-electron chi connectivity index (χ0n) is 14.5. The Bertz CT molecular complexity index is 938. The Balaban J connectivity index is 1.33. The average Bonchev–Trinajstić information content (AvgIpc) is 3.08. The highest BCUT2D eigenvalue weighted by atomic mass is 16.3. The summed E-state index contributed by atoms with van der Waals surface area (Å²) in [5, 5.41) is 15.6. The van der Waals surface area contributed by atoms with Crippen LogP contribution in [0.1, 0.15) is 27.7 Å². The van der Waals surface area contributed by atoms with E-state index in [1.54, 1.807) is 10.6 Å². The molecule has 0 saturated carbocycles. The number of fused-ring (bicyclic) bond motifs is 1. The van der Waals surface area contributed by atoms with E-state index in [0.717, 1.165) is 36.1 Å². The number of aryl methyl sites for hydroxylation is 3. The number of carbonyl (C=O) groups is 1. The molecule has 4 rings (SSSR count). The monoisotopic (exact) mass is 340 g/mol. The molecule has 4 heterocycles. The minimum absolute atomic E-state index is 0.0764. The van der Waals surface area contributed by atoms with E-state index in [-0.39, 0.29) is 5.91 Å². The number of nitrogens with one attached hydrogen (secondary N) is 1. The maximum Gasteiger partial charge on any atom is 0.254 e. The fraction of sp³-hybridized carbons (Fsp3) is 0.412. The molecule has 25 heavy (non-hydrogen) atoms. The van der Waals surface area contributed by atoms with Crippen LogP contribution in [0.15, 0.2) is 22.6 Å². The number of furan rings is 1. The molecule has 1 saturated heterocycles. The van der Waals surface area contributed by atoms with Gasteiger partial charge in [0.25, 0.3) is 5.91 Å². The number of hydrogen-bond acceptors (Lipinski definition) is 6. The van der Waals surface area contributed by atoms with Crippen molar-refractivity contribution in [3.63, 3.8) is 0 Å². The fourth-order valence-electron chi connectivity index (χ4n) is 3.13. The highest BCUT2D eigenvalue weighted by Gasteiger charge is 2.29. The molecule has 1 aliphatic rings. The lowest BCUT2D eigenvalue weighted by Gasteiger charge is -2.40. The van der Waals surface area contributed by atoms with Crippen LogP contribution in [0.3, 0.4) is 0 Å². The third-order valence-corrected chi connectivity index (χ3v) is 4.52. The molecule has 1 aliphatic heterocycles. The van der Waals surface area contributed by atoms with Gasteiger partial charge in [0.05, 0.1) is 5.56 Å². The summed E-state index contributed by atoms with van der Waals surface area (Å²) in [6.07, 6.45) is 0. The van der Waals surface area contributed by atoms with Crippen molar-refractivity contribution in [2.24, 2.45) is 5.92 Å². The van der Waals surface area contributed by atoms with Crippen LogP contribution in [0.5, 0.6) is 0 Å². The summed E-state index contributed by atoms with van der Waals surface area (Å²) in [4.78, 5) is 14.4. The van der Waals surface area contributed by atoms with Crippen molar-refractivity contribution in [1.82, 2.24) is 25.1 Å². The van der Waals surface area contributed by atoms with E-state index in [1.807, 2.05) is 32.9 Å². The summed E-state index contributed by atoms with van der Waals surface area (Å²) >= 11 is 0. The lowest BCUT2D eigenvalue weighted by Crippen LogP contribution is -2.52. The van der Waals surface area contributed by atoms with E-state index in [1.165, 1.54) is 0 Å². The second-order valence-electron chi connectivity index (χ2n) is 6.52. The third-order valence-electron chi connectivity index (χ3n) is 4.52. The van der Waals surface area contributed by atoms with Gasteiger partial charge >= 0.3 is 0 Å². The summed E-state index contributed by atoms with van der Waals surface area (Å²) in [5.41, 5.74) is 1.36. The van der Waals surface area contributed by atoms with Gasteiger partial charge in [-0.3, -0.25) is 4.79 Å². The van der Waals surface area contributed by atoms with Gasteiger partial charge in [-0.2, -0.15) is 4.52 Å². The molecule has 0 aromatic carbocycles. The molecule has 0 atom stereocenters. The summed E-state index contributed by atoms with van der Waals surface area (Å²) in [5.74, 6) is 3.42. The van der Waals surface area contributed by atoms with Gasteiger partial charge in [-0.15, -0.1) is 15.3 Å². The first-order chi connectivity index (χ1) is 12.0. The third kappa shape index (κ3) is 2.84. The lowest BCUT2D eigenvalue weighted by atomic mass is 10.00. The molecule has 8 nitrogen and oxygen atoms in total. The molecule has 130 valence electrons. The van der Waals surface area contributed by atoms with E-state index in [9.17, 15) is 4.79 Å². The topological polar surface area (TPSA) is 88.6 Å². The summed E-state index contributed by atoms with van der Waals surface area (Å²) in [6, 6.07) is 5.65. The molecule has 0 aliphatic carbocycles. The van der Waals surface area contributed by atoms with Crippen LogP contribution in [-0.4, -0.2) is 45.4 Å². The molecule has 1 amide bonds. The van der Waals surface area contributed by atoms with E-state index in [0.29, 0.717) is 23.8 Å². The lowest BCUT2D eigenvalue weighted by molar-refractivity contribution is 0.0943. The van der Waals surface area contributed by atoms with Crippen LogP contribution in [0.4, 0.5) is 5.82 Å². The van der Waals surface area contributed by atoms with Crippen LogP contribution in [0.2, 0.25) is 0 Å². The Morgan fingerprint density at radius 2 is 2.08 bits per heavy atom. The highest BCUT2D eigenvalue weighted by Crippen LogP contribution is 2.22. The fourth-order valence-corrected chi connectivity index (χ4v) is 3.13. The first-order valence-electron chi connectivity index (χ1n) is 8.30. The minimum Gasteiger partial charge on any atom is -0.466 e. The van der Waals surface area contributed by atoms with E-state index >= 15 is 0 Å². The molecule has 3 aromatic rings. The highest BCUT2D eigenvalue weighted by molar-refractivity contribution is 5.95. The molecular weight excluding hydrogens is 320 g/mol. The number of amides is 1. The zero-order chi connectivity index (χ0) is 17.6. The molecular formula is C17H20N6O2. The molecule has 0 unspecified atom stereocenters. The number of anilines is 1. The van der Waals surface area contributed by atoms with Crippen LogP contribution >= 0.6 is 0 Å². The molecule has 3 aromatic heterocycles. The molecule has 1 N–H and O–H groups in total. The Morgan fingerprint density at radius 3 is 2.80 bits per heavy atom. The Morgan fingerprint density at radius 1 is 1.28 bits per heavy atom. The second-order valence-corrected chi connectivity index (χ2v) is 6.52. The van der Waals surface area contributed by atoms with Crippen molar-refractivity contribution in [2.45, 2.75) is 20.8 Å². The van der Waals surface area contributed by atoms with E-state index in [2.05, 4.69) is 25.5 Å². The van der Waals surface area contributed by atoms with Crippen LogP contribution in [0.25, 0.3) is 5.65 Å². The zero-order valence-corrected chi connectivity index (χ0v) is 14.5. The maximum absolute atomic E-state index is 12.2. The largest absolute Gasteiger partial charge is 0.466 e. The number of aromatic nitrogens is 4. The van der Waals surface area contributed by atoms with Gasteiger partial charge in [0.2, 0.25) is 0 Å². The predicted octanol–water partition coefficient (Wildman–Crippen LogP) is 1.51. The van der Waals surface area contributed by atoms with Crippen molar-refractivity contribution in [1.29, 1.82) is 0 Å². The van der Waals surface area contributed by atoms with Crippen LogP contribution < -0.4 is 10.2 Å². The van der Waals surface area contributed by atoms with Crippen molar-refractivity contribution in [3.05, 3.63) is 41.1 Å². The van der Waals surface area contributed by atoms with E-state index in [4.69, 9.17) is 4.42 Å². The van der Waals surface area contributed by atoms with Crippen molar-refractivity contribution in [3.8, 4) is 0 Å². The SMILES string of the molecule is Cc1cc(C(=O)NCC2CN(c3ccc4nnc(C)n4n3)C2)c(C)o1. The predicted molar refractivity (Wildman–Crippen MR) is 91.7 cm³/mol. The number of nitrogens with zero attached hydrogens (tertiary/aromatic N) is 5. The van der Waals surface area contributed by atoms with E-state index < -0.39 is 0 Å². The maximum atomic E-state index is 12.2. The van der Waals surface area contributed by atoms with Crippen molar-refractivity contribution in [2.75, 3.05) is 24.5 Å². The first kappa shape index (κ1) is 15.6. The summed E-state index contributed by atoms with van der Waals surface area (Å²) < 4.78 is 7.15. The quantitative estimate of drug-likeness (QED) is 0.774. The van der Waals surface area contributed by atoms with Crippen LogP contribution in [0, 0.1) is 26.7 Å². The van der Waals surface area contributed by atoms with Crippen molar-refractivity contribution >= 4 is 17.4 Å². The molecule has 0 radical (unpaired) electrons. The first-order valence-corrected chi connectivity index (χ1v) is 8.30. The standard InChI is InChI=1S/C17H20N6O2/c1-10-6-14(11(2)25-10)17(24)18-7-13-8-22(9-13)16-5-4-15-20-19-12(3)23(15)21-16/h4-6,13H,7-9H2,1-3H3,(H,18,24). The Kier molecular flexibility index (Phi) is 3.67. The molecule has 8 heteroatoms. The minimum atomic E-state index is -0.0764. The number of rotatable bonds is 4. The summed E-state index contributed by atoms with van der Waals surface area (Å²) in [6.45, 7) is 7.90. The Labute approximate surface area is 144 Å². The van der Waals surface area contributed by atoms with Gasteiger partial charge in [-0.25, -0.2) is 0 Å². The van der Waals surface area contributed by atoms with Crippen molar-refractivity contribution < 1.29 is 9.21 Å². The Hall–Kier alpha value is -2.90. The van der Waals surface area contributed by atoms with Gasteiger partial charge in [0.15, 0.2) is 11.5 Å². The molecule has 0 bridgehead atoms. The average molecular weight is 340 g/mol. The van der Waals surface area contributed by atoms with Gasteiger partial charge in [-0.05, 0) is 39.0 Å². The van der Waals surface area contributed by atoms with Gasteiger partial charge in [-0.1, -0.05) is 0 Å². The smallest absolute Gasteiger partial charge is 0.254 e. The number of carbonyl (C=O) groups excluding carboxylic acids is 1. The normalized spacial score (nSPS) is 14.8. The van der Waals surface area contributed by atoms with Gasteiger partial charge < -0.3 is 14.6 Å². The van der Waals surface area contributed by atoms with Gasteiger partial charge in [0, 0.05) is 25.6 Å². The molecule has 1 fully saturated rings. The number of hydrogen-bond donors (Lipinski definition) is 1. The molecule has 0 spiro atoms. The van der Waals surface area contributed by atoms with Crippen LogP contribution in [-0.2, 0) is 0 Å². The van der Waals surface area contributed by atoms with Gasteiger partial charge in [0.1, 0.15) is 17.3 Å². The second kappa shape index (κ2) is 5.87. The summed E-state index contributed by atoms with van der Waals surface area (Å²) in [7, 11) is 0.